The minimum atomic E-state index is 0. The summed E-state index contributed by atoms with van der Waals surface area (Å²) in [6, 6.07) is 8.39. The average molecular weight is 322 g/mol. The van der Waals surface area contributed by atoms with Gasteiger partial charge >= 0.3 is 0 Å². The fourth-order valence-electron chi connectivity index (χ4n) is 1.63. The van der Waals surface area contributed by atoms with E-state index in [1.165, 1.54) is 10.0 Å². The van der Waals surface area contributed by atoms with Crippen molar-refractivity contribution >= 4 is 15.9 Å². The van der Waals surface area contributed by atoms with Crippen molar-refractivity contribution in [2.45, 2.75) is 6.54 Å². The van der Waals surface area contributed by atoms with E-state index in [-0.39, 0.29) is 19.5 Å². The van der Waals surface area contributed by atoms with Gasteiger partial charge in [0.05, 0.1) is 13.2 Å². The zero-order valence-electron chi connectivity index (χ0n) is 8.79. The van der Waals surface area contributed by atoms with Gasteiger partial charge in [0, 0.05) is 43.6 Å². The Labute approximate surface area is 112 Å². The molecule has 0 bridgehead atoms. The molecule has 0 radical (unpaired) electrons. The summed E-state index contributed by atoms with van der Waals surface area (Å²) in [4.78, 5) is 2.42. The Hall–Kier alpha value is 0.243. The van der Waals surface area contributed by atoms with Crippen LogP contribution < -0.4 is 0 Å². The second kappa shape index (κ2) is 6.75. The normalized spacial score (nSPS) is 17.1. The molecule has 4 heteroatoms. The molecule has 0 spiro atoms. The van der Waals surface area contributed by atoms with Crippen LogP contribution in [-0.2, 0) is 30.8 Å². The second-order valence-corrected chi connectivity index (χ2v) is 4.33. The van der Waals surface area contributed by atoms with Crippen LogP contribution >= 0.6 is 15.9 Å². The Morgan fingerprint density at radius 2 is 1.87 bits per heavy atom. The van der Waals surface area contributed by atoms with Gasteiger partial charge in [-0.2, -0.15) is 0 Å². The van der Waals surface area contributed by atoms with Crippen LogP contribution in [0, 0.1) is 0 Å². The minimum absolute atomic E-state index is 0. The Bertz CT molecular complexity index is 302. The minimum Gasteiger partial charge on any atom is -0.379 e. The van der Waals surface area contributed by atoms with Crippen molar-refractivity contribution in [3.8, 4) is 0 Å². The number of nitrogens with zero attached hydrogens (tertiary/aromatic N) is 1. The van der Waals surface area contributed by atoms with Crippen LogP contribution in [0.1, 0.15) is 5.56 Å². The van der Waals surface area contributed by atoms with Crippen molar-refractivity contribution in [2.24, 2.45) is 0 Å². The van der Waals surface area contributed by atoms with Crippen molar-refractivity contribution in [3.63, 3.8) is 0 Å². The van der Waals surface area contributed by atoms with E-state index in [4.69, 9.17) is 4.74 Å². The number of morpholine rings is 1. The molecule has 15 heavy (non-hydrogen) atoms. The molecule has 0 unspecified atom stereocenters. The van der Waals surface area contributed by atoms with Crippen LogP contribution in [0.5, 0.6) is 0 Å². The smallest absolute Gasteiger partial charge is 0.0594 e. The molecule has 0 aliphatic carbocycles. The van der Waals surface area contributed by atoms with Crippen molar-refractivity contribution < 1.29 is 24.2 Å². The van der Waals surface area contributed by atoms with Crippen LogP contribution in [0.15, 0.2) is 28.7 Å². The number of benzene rings is 1. The zero-order chi connectivity index (χ0) is 9.80. The maximum Gasteiger partial charge on any atom is 0.0594 e. The van der Waals surface area contributed by atoms with E-state index in [0.717, 1.165) is 32.8 Å². The van der Waals surface area contributed by atoms with E-state index < -0.39 is 0 Å². The standard InChI is InChI=1S/C11H14BrNO.Zn/c12-11-4-2-1-3-10(11)9-13-5-7-14-8-6-13;/h1-4H,5-9H2;. The molecule has 1 heterocycles. The van der Waals surface area contributed by atoms with Gasteiger partial charge in [0.15, 0.2) is 0 Å². The van der Waals surface area contributed by atoms with Crippen LogP contribution in [0.2, 0.25) is 0 Å². The van der Waals surface area contributed by atoms with Crippen molar-refractivity contribution in [2.75, 3.05) is 26.3 Å². The van der Waals surface area contributed by atoms with Crippen LogP contribution in [-0.4, -0.2) is 31.2 Å². The molecular formula is C11H14BrNOZn. The molecule has 2 nitrogen and oxygen atoms in total. The number of ether oxygens (including phenoxy) is 1. The predicted octanol–water partition coefficient (Wildman–Crippen LogP) is 2.28. The monoisotopic (exact) mass is 319 g/mol. The first-order valence-corrected chi connectivity index (χ1v) is 5.69. The van der Waals surface area contributed by atoms with Gasteiger partial charge in [-0.15, -0.1) is 0 Å². The van der Waals surface area contributed by atoms with E-state index in [1.807, 2.05) is 6.07 Å². The number of hydrogen-bond donors (Lipinski definition) is 0. The number of hydrogen-bond acceptors (Lipinski definition) is 2. The van der Waals surface area contributed by atoms with Crippen molar-refractivity contribution in [3.05, 3.63) is 34.3 Å². The average Bonchev–Trinajstić information content (AvgIpc) is 2.23. The fraction of sp³-hybridized carbons (Fsp3) is 0.455. The molecule has 1 fully saturated rings. The number of halogens is 1. The molecule has 0 N–H and O–H groups in total. The van der Waals surface area contributed by atoms with E-state index in [0.29, 0.717) is 0 Å². The molecule has 1 saturated heterocycles. The maximum atomic E-state index is 5.31. The van der Waals surface area contributed by atoms with Crippen LogP contribution in [0.25, 0.3) is 0 Å². The molecule has 1 aliphatic rings. The Kier molecular flexibility index (Phi) is 5.99. The molecule has 1 aromatic rings. The van der Waals surface area contributed by atoms with Crippen LogP contribution in [0.3, 0.4) is 0 Å². The largest absolute Gasteiger partial charge is 0.379 e. The molecular weight excluding hydrogens is 307 g/mol. The summed E-state index contributed by atoms with van der Waals surface area (Å²) in [5, 5.41) is 0. The summed E-state index contributed by atoms with van der Waals surface area (Å²) in [5.41, 5.74) is 1.36. The van der Waals surface area contributed by atoms with Gasteiger partial charge in [-0.05, 0) is 11.6 Å². The third kappa shape index (κ3) is 3.95. The third-order valence-electron chi connectivity index (χ3n) is 2.46. The van der Waals surface area contributed by atoms with E-state index in [2.05, 4.69) is 39.0 Å². The van der Waals surface area contributed by atoms with Gasteiger partial charge in [-0.25, -0.2) is 0 Å². The first kappa shape index (κ1) is 13.3. The van der Waals surface area contributed by atoms with Gasteiger partial charge in [0.2, 0.25) is 0 Å². The summed E-state index contributed by atoms with van der Waals surface area (Å²) < 4.78 is 6.51. The molecule has 0 atom stereocenters. The summed E-state index contributed by atoms with van der Waals surface area (Å²) >= 11 is 3.57. The van der Waals surface area contributed by atoms with Gasteiger partial charge in [0.25, 0.3) is 0 Å². The summed E-state index contributed by atoms with van der Waals surface area (Å²) in [6.45, 7) is 4.84. The third-order valence-corrected chi connectivity index (χ3v) is 3.23. The first-order chi connectivity index (χ1) is 6.86. The van der Waals surface area contributed by atoms with Crippen LogP contribution in [0.4, 0.5) is 0 Å². The van der Waals surface area contributed by atoms with E-state index >= 15 is 0 Å². The molecule has 0 amide bonds. The SMILES string of the molecule is Brc1ccccc1CN1CCOCC1.[Zn]. The molecule has 78 valence electrons. The molecule has 2 rings (SSSR count). The van der Waals surface area contributed by atoms with Gasteiger partial charge in [0.1, 0.15) is 0 Å². The summed E-state index contributed by atoms with van der Waals surface area (Å²) in [5.74, 6) is 0. The molecule has 1 aromatic carbocycles. The number of rotatable bonds is 2. The van der Waals surface area contributed by atoms with Crippen molar-refractivity contribution in [1.29, 1.82) is 0 Å². The maximum absolute atomic E-state index is 5.31. The Morgan fingerprint density at radius 3 is 2.53 bits per heavy atom. The fourth-order valence-corrected chi connectivity index (χ4v) is 2.04. The first-order valence-electron chi connectivity index (χ1n) is 4.90. The topological polar surface area (TPSA) is 12.5 Å². The Balaban J connectivity index is 0.00000112. The second-order valence-electron chi connectivity index (χ2n) is 3.48. The molecule has 1 aliphatic heterocycles. The summed E-state index contributed by atoms with van der Waals surface area (Å²) in [6.07, 6.45) is 0. The Morgan fingerprint density at radius 1 is 1.20 bits per heavy atom. The predicted molar refractivity (Wildman–Crippen MR) is 60.2 cm³/mol. The van der Waals surface area contributed by atoms with E-state index in [9.17, 15) is 0 Å². The zero-order valence-corrected chi connectivity index (χ0v) is 13.3. The van der Waals surface area contributed by atoms with Gasteiger partial charge in [-0.3, -0.25) is 4.90 Å². The van der Waals surface area contributed by atoms with E-state index in [1.54, 1.807) is 0 Å². The molecule has 0 aromatic heterocycles. The summed E-state index contributed by atoms with van der Waals surface area (Å²) in [7, 11) is 0. The van der Waals surface area contributed by atoms with Crippen molar-refractivity contribution in [1.82, 2.24) is 4.90 Å². The molecule has 0 saturated carbocycles. The van der Waals surface area contributed by atoms with Gasteiger partial charge < -0.3 is 4.74 Å². The quantitative estimate of drug-likeness (QED) is 0.775. The van der Waals surface area contributed by atoms with Gasteiger partial charge in [-0.1, -0.05) is 34.1 Å².